The smallest absolute Gasteiger partial charge is 0.198 e. The van der Waals surface area contributed by atoms with Crippen LogP contribution in [0.5, 0.6) is 0 Å². The van der Waals surface area contributed by atoms with Gasteiger partial charge in [0.15, 0.2) is 4.77 Å². The first kappa shape index (κ1) is 16.1. The largest absolute Gasteiger partial charge is 0.307 e. The van der Waals surface area contributed by atoms with Crippen molar-refractivity contribution in [3.63, 3.8) is 0 Å². The minimum absolute atomic E-state index is 0.687. The topological polar surface area (TPSA) is 26.0 Å². The van der Waals surface area contributed by atoms with Crippen molar-refractivity contribution in [1.82, 2.24) is 19.2 Å². The van der Waals surface area contributed by atoms with Gasteiger partial charge in [-0.25, -0.2) is 4.68 Å². The molecule has 0 saturated heterocycles. The molecule has 3 aromatic rings. The number of hydrogen-bond donors (Lipinski definition) is 0. The summed E-state index contributed by atoms with van der Waals surface area (Å²) in [5.41, 5.74) is 1.29. The van der Waals surface area contributed by atoms with Gasteiger partial charge in [-0.3, -0.25) is 4.90 Å². The molecule has 0 aliphatic heterocycles. The number of nitrogens with zero attached hydrogens (tertiary/aromatic N) is 4. The van der Waals surface area contributed by atoms with Crippen LogP contribution >= 0.6 is 23.6 Å². The Labute approximate surface area is 145 Å². The van der Waals surface area contributed by atoms with Gasteiger partial charge in [0.25, 0.3) is 0 Å². The Morgan fingerprint density at radius 3 is 2.65 bits per heavy atom. The van der Waals surface area contributed by atoms with Gasteiger partial charge in [0.2, 0.25) is 0 Å². The Balaban J connectivity index is 1.71. The lowest BCUT2D eigenvalue weighted by atomic mass is 10.2. The van der Waals surface area contributed by atoms with E-state index in [0.29, 0.717) is 6.67 Å². The van der Waals surface area contributed by atoms with E-state index >= 15 is 0 Å². The molecule has 2 aromatic heterocycles. The molecular weight excluding hydrogens is 324 g/mol. The van der Waals surface area contributed by atoms with Crippen molar-refractivity contribution >= 4 is 23.6 Å². The molecule has 120 valence electrons. The van der Waals surface area contributed by atoms with E-state index in [0.717, 1.165) is 23.6 Å². The van der Waals surface area contributed by atoms with Gasteiger partial charge in [-0.2, -0.15) is 5.10 Å². The maximum absolute atomic E-state index is 5.53. The molecule has 0 atom stereocenters. The van der Waals surface area contributed by atoms with Crippen LogP contribution in [0.1, 0.15) is 16.3 Å². The van der Waals surface area contributed by atoms with Crippen molar-refractivity contribution in [1.29, 1.82) is 0 Å². The molecule has 0 N–H and O–H groups in total. The van der Waals surface area contributed by atoms with Crippen LogP contribution in [0.4, 0.5) is 0 Å². The van der Waals surface area contributed by atoms with Crippen molar-refractivity contribution in [2.75, 3.05) is 7.05 Å². The highest BCUT2D eigenvalue weighted by atomic mass is 32.1. The Kier molecular flexibility index (Phi) is 5.05. The van der Waals surface area contributed by atoms with E-state index in [2.05, 4.69) is 53.7 Å². The summed E-state index contributed by atoms with van der Waals surface area (Å²) in [7, 11) is 4.08. The minimum atomic E-state index is 0.687. The average Bonchev–Trinajstić information content (AvgIpc) is 3.14. The fourth-order valence-corrected chi connectivity index (χ4v) is 3.43. The highest BCUT2D eigenvalue weighted by Gasteiger charge is 2.10. The Morgan fingerprint density at radius 2 is 1.96 bits per heavy atom. The summed E-state index contributed by atoms with van der Waals surface area (Å²) in [6, 6.07) is 14.6. The molecule has 2 heterocycles. The number of rotatable bonds is 6. The van der Waals surface area contributed by atoms with Crippen molar-refractivity contribution < 1.29 is 0 Å². The van der Waals surface area contributed by atoms with Crippen LogP contribution in [-0.2, 0) is 26.7 Å². The zero-order valence-electron chi connectivity index (χ0n) is 13.3. The predicted octanol–water partition coefficient (Wildman–Crippen LogP) is 3.69. The minimum Gasteiger partial charge on any atom is -0.307 e. The van der Waals surface area contributed by atoms with Crippen LogP contribution in [0.15, 0.2) is 47.8 Å². The lowest BCUT2D eigenvalue weighted by Crippen LogP contribution is -2.22. The molecule has 0 radical (unpaired) electrons. The van der Waals surface area contributed by atoms with Crippen molar-refractivity contribution in [3.05, 3.63) is 68.9 Å². The van der Waals surface area contributed by atoms with Gasteiger partial charge in [0.05, 0.1) is 6.67 Å². The van der Waals surface area contributed by atoms with Crippen LogP contribution < -0.4 is 0 Å². The lowest BCUT2D eigenvalue weighted by molar-refractivity contribution is 0.243. The second kappa shape index (κ2) is 7.21. The molecule has 6 heteroatoms. The molecule has 0 unspecified atom stereocenters. The summed E-state index contributed by atoms with van der Waals surface area (Å²) in [5.74, 6) is 1.01. The first-order valence-electron chi connectivity index (χ1n) is 7.51. The second-order valence-corrected chi connectivity index (χ2v) is 7.05. The van der Waals surface area contributed by atoms with E-state index in [1.165, 1.54) is 10.4 Å². The summed E-state index contributed by atoms with van der Waals surface area (Å²) in [6.45, 7) is 1.56. The highest BCUT2D eigenvalue weighted by molar-refractivity contribution is 7.71. The second-order valence-electron chi connectivity index (χ2n) is 5.65. The van der Waals surface area contributed by atoms with Crippen molar-refractivity contribution in [2.24, 2.45) is 7.05 Å². The number of aromatic nitrogens is 3. The Hall–Kier alpha value is -1.76. The summed E-state index contributed by atoms with van der Waals surface area (Å²) in [5, 5.41) is 6.80. The van der Waals surface area contributed by atoms with Gasteiger partial charge >= 0.3 is 0 Å². The van der Waals surface area contributed by atoms with Crippen molar-refractivity contribution in [3.8, 4) is 0 Å². The molecule has 0 amide bonds. The van der Waals surface area contributed by atoms with Gasteiger partial charge in [0, 0.05) is 24.9 Å². The number of thiophene rings is 1. The van der Waals surface area contributed by atoms with E-state index in [-0.39, 0.29) is 0 Å². The fraction of sp³-hybridized carbons (Fsp3) is 0.294. The third-order valence-electron chi connectivity index (χ3n) is 3.71. The molecule has 23 heavy (non-hydrogen) atoms. The molecule has 0 fully saturated rings. The van der Waals surface area contributed by atoms with Crippen LogP contribution in [-0.4, -0.2) is 26.3 Å². The Morgan fingerprint density at radius 1 is 1.17 bits per heavy atom. The average molecular weight is 345 g/mol. The third kappa shape index (κ3) is 3.96. The lowest BCUT2D eigenvalue weighted by Gasteiger charge is -2.16. The summed E-state index contributed by atoms with van der Waals surface area (Å²) < 4.78 is 4.67. The quantitative estimate of drug-likeness (QED) is 0.638. The van der Waals surface area contributed by atoms with E-state index < -0.39 is 0 Å². The molecule has 3 rings (SSSR count). The van der Waals surface area contributed by atoms with Gasteiger partial charge in [-0.15, -0.1) is 11.3 Å². The molecule has 0 spiro atoms. The number of hydrogen-bond acceptors (Lipinski definition) is 4. The maximum Gasteiger partial charge on any atom is 0.198 e. The fourth-order valence-electron chi connectivity index (χ4n) is 2.52. The van der Waals surface area contributed by atoms with E-state index in [1.54, 1.807) is 11.3 Å². The highest BCUT2D eigenvalue weighted by Crippen LogP contribution is 2.14. The first-order chi connectivity index (χ1) is 11.1. The SMILES string of the molecule is CN(Cc1ccccc1)Cn1nc(Cc2cccs2)n(C)c1=S. The summed E-state index contributed by atoms with van der Waals surface area (Å²) in [4.78, 5) is 3.52. The monoisotopic (exact) mass is 344 g/mol. The van der Waals surface area contributed by atoms with Crippen LogP contribution in [0.3, 0.4) is 0 Å². The molecule has 0 saturated carbocycles. The molecule has 0 aliphatic rings. The Bertz CT molecular complexity index is 803. The zero-order valence-corrected chi connectivity index (χ0v) is 15.0. The van der Waals surface area contributed by atoms with Gasteiger partial charge in [-0.05, 0) is 36.3 Å². The molecular formula is C17H20N4S2. The third-order valence-corrected chi connectivity index (χ3v) is 5.08. The first-order valence-corrected chi connectivity index (χ1v) is 8.80. The molecule has 1 aromatic carbocycles. The maximum atomic E-state index is 5.53. The van der Waals surface area contributed by atoms with Crippen molar-refractivity contribution in [2.45, 2.75) is 19.6 Å². The van der Waals surface area contributed by atoms with Gasteiger partial charge < -0.3 is 4.57 Å². The van der Waals surface area contributed by atoms with E-state index in [1.807, 2.05) is 22.4 Å². The van der Waals surface area contributed by atoms with E-state index in [4.69, 9.17) is 17.3 Å². The van der Waals surface area contributed by atoms with Crippen LogP contribution in [0.25, 0.3) is 0 Å². The standard InChI is InChI=1S/C17H20N4S2/c1-19(12-14-7-4-3-5-8-14)13-21-17(22)20(2)16(18-21)11-15-9-6-10-23-15/h3-10H,11-13H2,1-2H3. The van der Waals surface area contributed by atoms with Crippen LogP contribution in [0, 0.1) is 4.77 Å². The normalized spacial score (nSPS) is 11.3. The van der Waals surface area contributed by atoms with Gasteiger partial charge in [0.1, 0.15) is 5.82 Å². The predicted molar refractivity (Wildman–Crippen MR) is 97.1 cm³/mol. The summed E-state index contributed by atoms with van der Waals surface area (Å²) in [6.07, 6.45) is 0.827. The zero-order chi connectivity index (χ0) is 16.2. The molecule has 0 bridgehead atoms. The molecule has 4 nitrogen and oxygen atoms in total. The number of benzene rings is 1. The molecule has 0 aliphatic carbocycles. The van der Waals surface area contributed by atoms with Gasteiger partial charge in [-0.1, -0.05) is 36.4 Å². The van der Waals surface area contributed by atoms with Crippen LogP contribution in [0.2, 0.25) is 0 Å². The van der Waals surface area contributed by atoms with E-state index in [9.17, 15) is 0 Å². The summed E-state index contributed by atoms with van der Waals surface area (Å²) >= 11 is 7.28.